The SMILES string of the molecule is CC1(C)COC(=O)CN1C1CCC(N)C1. The fourth-order valence-corrected chi connectivity index (χ4v) is 2.64. The Kier molecular flexibility index (Phi) is 2.73. The molecule has 1 aliphatic heterocycles. The van der Waals surface area contributed by atoms with Crippen molar-refractivity contribution in [2.45, 2.75) is 50.7 Å². The van der Waals surface area contributed by atoms with Gasteiger partial charge < -0.3 is 10.5 Å². The fraction of sp³-hybridized carbons (Fsp3) is 0.909. The number of rotatable bonds is 1. The highest BCUT2D eigenvalue weighted by molar-refractivity contribution is 5.72. The molecule has 4 heteroatoms. The molecule has 4 nitrogen and oxygen atoms in total. The summed E-state index contributed by atoms with van der Waals surface area (Å²) in [6.45, 7) is 5.18. The highest BCUT2D eigenvalue weighted by Gasteiger charge is 2.41. The number of ether oxygens (including phenoxy) is 1. The molecular formula is C11H20N2O2. The average Bonchev–Trinajstić information content (AvgIpc) is 2.56. The fourth-order valence-electron chi connectivity index (χ4n) is 2.64. The quantitative estimate of drug-likeness (QED) is 0.643. The van der Waals surface area contributed by atoms with Crippen LogP contribution in [0.5, 0.6) is 0 Å². The largest absolute Gasteiger partial charge is 0.463 e. The summed E-state index contributed by atoms with van der Waals surface area (Å²) in [6, 6.07) is 0.770. The maximum absolute atomic E-state index is 11.3. The van der Waals surface area contributed by atoms with Crippen LogP contribution >= 0.6 is 0 Å². The maximum atomic E-state index is 11.3. The summed E-state index contributed by atoms with van der Waals surface area (Å²) in [5, 5.41) is 0. The van der Waals surface area contributed by atoms with Gasteiger partial charge in [-0.05, 0) is 33.1 Å². The van der Waals surface area contributed by atoms with Crippen molar-refractivity contribution in [3.63, 3.8) is 0 Å². The van der Waals surface area contributed by atoms with Gasteiger partial charge in [0.15, 0.2) is 0 Å². The second-order valence-electron chi connectivity index (χ2n) is 5.33. The molecule has 0 radical (unpaired) electrons. The molecule has 1 aliphatic carbocycles. The number of hydrogen-bond acceptors (Lipinski definition) is 4. The Morgan fingerprint density at radius 3 is 2.80 bits per heavy atom. The Hall–Kier alpha value is -0.610. The summed E-state index contributed by atoms with van der Waals surface area (Å²) in [5.41, 5.74) is 5.87. The van der Waals surface area contributed by atoms with Gasteiger partial charge in [-0.15, -0.1) is 0 Å². The van der Waals surface area contributed by atoms with Crippen molar-refractivity contribution in [2.24, 2.45) is 5.73 Å². The summed E-state index contributed by atoms with van der Waals surface area (Å²) < 4.78 is 5.10. The van der Waals surface area contributed by atoms with Crippen molar-refractivity contribution in [3.05, 3.63) is 0 Å². The molecule has 0 aromatic carbocycles. The molecule has 2 unspecified atom stereocenters. The van der Waals surface area contributed by atoms with E-state index in [9.17, 15) is 4.79 Å². The Labute approximate surface area is 90.8 Å². The van der Waals surface area contributed by atoms with Crippen LogP contribution in [0.25, 0.3) is 0 Å². The van der Waals surface area contributed by atoms with Crippen LogP contribution in [-0.4, -0.2) is 41.6 Å². The van der Waals surface area contributed by atoms with Crippen LogP contribution in [0.1, 0.15) is 33.1 Å². The molecular weight excluding hydrogens is 192 g/mol. The van der Waals surface area contributed by atoms with Gasteiger partial charge in [-0.1, -0.05) is 0 Å². The van der Waals surface area contributed by atoms with Crippen molar-refractivity contribution in [2.75, 3.05) is 13.2 Å². The van der Waals surface area contributed by atoms with Crippen molar-refractivity contribution in [3.8, 4) is 0 Å². The smallest absolute Gasteiger partial charge is 0.320 e. The van der Waals surface area contributed by atoms with E-state index in [0.29, 0.717) is 25.2 Å². The van der Waals surface area contributed by atoms with Gasteiger partial charge in [0.25, 0.3) is 0 Å². The van der Waals surface area contributed by atoms with Crippen molar-refractivity contribution < 1.29 is 9.53 Å². The van der Waals surface area contributed by atoms with Crippen LogP contribution in [0.4, 0.5) is 0 Å². The van der Waals surface area contributed by atoms with Gasteiger partial charge in [0.1, 0.15) is 6.61 Å². The van der Waals surface area contributed by atoms with Crippen LogP contribution in [0.3, 0.4) is 0 Å². The molecule has 0 amide bonds. The first kappa shape index (κ1) is 10.9. The summed E-state index contributed by atoms with van der Waals surface area (Å²) in [5.74, 6) is -0.102. The molecule has 86 valence electrons. The molecule has 2 N–H and O–H groups in total. The van der Waals surface area contributed by atoms with Gasteiger partial charge in [-0.2, -0.15) is 0 Å². The average molecular weight is 212 g/mol. The minimum absolute atomic E-state index is 0.0391. The molecule has 1 saturated carbocycles. The van der Waals surface area contributed by atoms with Crippen molar-refractivity contribution in [1.82, 2.24) is 4.90 Å². The maximum Gasteiger partial charge on any atom is 0.320 e. The van der Waals surface area contributed by atoms with Gasteiger partial charge in [-0.3, -0.25) is 9.69 Å². The zero-order valence-corrected chi connectivity index (χ0v) is 9.53. The van der Waals surface area contributed by atoms with E-state index in [1.54, 1.807) is 0 Å². The first-order valence-electron chi connectivity index (χ1n) is 5.67. The zero-order valence-electron chi connectivity index (χ0n) is 9.53. The molecule has 0 bridgehead atoms. The van der Waals surface area contributed by atoms with Crippen LogP contribution in [0.15, 0.2) is 0 Å². The van der Waals surface area contributed by atoms with E-state index in [-0.39, 0.29) is 11.5 Å². The van der Waals surface area contributed by atoms with E-state index in [0.717, 1.165) is 19.3 Å². The number of carbonyl (C=O) groups is 1. The van der Waals surface area contributed by atoms with E-state index in [1.165, 1.54) is 0 Å². The third-order valence-electron chi connectivity index (χ3n) is 3.55. The Morgan fingerprint density at radius 1 is 1.47 bits per heavy atom. The van der Waals surface area contributed by atoms with Crippen molar-refractivity contribution in [1.29, 1.82) is 0 Å². The topological polar surface area (TPSA) is 55.6 Å². The van der Waals surface area contributed by atoms with Crippen LogP contribution in [-0.2, 0) is 9.53 Å². The van der Waals surface area contributed by atoms with E-state index in [2.05, 4.69) is 18.7 Å². The lowest BCUT2D eigenvalue weighted by molar-refractivity contribution is -0.162. The highest BCUT2D eigenvalue weighted by Crippen LogP contribution is 2.30. The summed E-state index contributed by atoms with van der Waals surface area (Å²) >= 11 is 0. The van der Waals surface area contributed by atoms with Crippen LogP contribution < -0.4 is 5.73 Å². The molecule has 2 aliphatic rings. The third kappa shape index (κ3) is 2.16. The van der Waals surface area contributed by atoms with E-state index in [1.807, 2.05) is 0 Å². The Balaban J connectivity index is 2.07. The number of nitrogens with two attached hydrogens (primary N) is 1. The number of cyclic esters (lactones) is 1. The Morgan fingerprint density at radius 2 is 2.20 bits per heavy atom. The molecule has 1 saturated heterocycles. The third-order valence-corrected chi connectivity index (χ3v) is 3.55. The van der Waals surface area contributed by atoms with Crippen LogP contribution in [0, 0.1) is 0 Å². The summed E-state index contributed by atoms with van der Waals surface area (Å²) in [6.07, 6.45) is 3.20. The standard InChI is InChI=1S/C11H20N2O2/c1-11(2)7-15-10(14)6-13(11)9-4-3-8(12)5-9/h8-9H,3-7,12H2,1-2H3. The van der Waals surface area contributed by atoms with Crippen molar-refractivity contribution >= 4 is 5.97 Å². The van der Waals surface area contributed by atoms with Gasteiger partial charge in [0.2, 0.25) is 0 Å². The Bertz CT molecular complexity index is 265. The molecule has 0 spiro atoms. The number of hydrogen-bond donors (Lipinski definition) is 1. The monoisotopic (exact) mass is 212 g/mol. The molecule has 0 aromatic heterocycles. The second kappa shape index (κ2) is 3.76. The van der Waals surface area contributed by atoms with Gasteiger partial charge >= 0.3 is 5.97 Å². The van der Waals surface area contributed by atoms with E-state index < -0.39 is 0 Å². The number of esters is 1. The molecule has 1 heterocycles. The van der Waals surface area contributed by atoms with E-state index >= 15 is 0 Å². The lowest BCUT2D eigenvalue weighted by Gasteiger charge is -2.44. The normalized spacial score (nSPS) is 36.6. The number of morpholine rings is 1. The lowest BCUT2D eigenvalue weighted by Crippen LogP contribution is -2.58. The number of carbonyl (C=O) groups excluding carboxylic acids is 1. The molecule has 2 fully saturated rings. The summed E-state index contributed by atoms with van der Waals surface area (Å²) in [4.78, 5) is 13.6. The predicted octanol–water partition coefficient (Wildman–Crippen LogP) is 0.504. The minimum Gasteiger partial charge on any atom is -0.463 e. The minimum atomic E-state index is -0.102. The second-order valence-corrected chi connectivity index (χ2v) is 5.33. The molecule has 0 aromatic rings. The van der Waals surface area contributed by atoms with E-state index in [4.69, 9.17) is 10.5 Å². The molecule has 2 rings (SSSR count). The molecule has 15 heavy (non-hydrogen) atoms. The van der Waals surface area contributed by atoms with Crippen LogP contribution in [0.2, 0.25) is 0 Å². The van der Waals surface area contributed by atoms with Gasteiger partial charge in [-0.25, -0.2) is 0 Å². The molecule has 2 atom stereocenters. The first-order chi connectivity index (χ1) is 6.99. The van der Waals surface area contributed by atoms with Gasteiger partial charge in [0.05, 0.1) is 12.1 Å². The summed E-state index contributed by atoms with van der Waals surface area (Å²) in [7, 11) is 0. The highest BCUT2D eigenvalue weighted by atomic mass is 16.5. The first-order valence-corrected chi connectivity index (χ1v) is 5.67. The lowest BCUT2D eigenvalue weighted by atomic mass is 9.98. The zero-order chi connectivity index (χ0) is 11.1. The van der Waals surface area contributed by atoms with Gasteiger partial charge in [0, 0.05) is 12.1 Å². The predicted molar refractivity (Wildman–Crippen MR) is 57.4 cm³/mol. The number of nitrogens with zero attached hydrogens (tertiary/aromatic N) is 1.